The molecule has 0 bridgehead atoms. The Balaban J connectivity index is 1.37. The van der Waals surface area contributed by atoms with Crippen molar-refractivity contribution < 1.29 is 9.47 Å². The summed E-state index contributed by atoms with van der Waals surface area (Å²) < 4.78 is 14.1. The summed E-state index contributed by atoms with van der Waals surface area (Å²) in [4.78, 5) is 9.52. The molecule has 2 aliphatic rings. The normalized spacial score (nSPS) is 17.0. The molecule has 3 aromatic rings. The minimum absolute atomic E-state index is 0.677. The predicted molar refractivity (Wildman–Crippen MR) is 118 cm³/mol. The van der Waals surface area contributed by atoms with Crippen molar-refractivity contribution in [3.63, 3.8) is 0 Å². The van der Waals surface area contributed by atoms with Gasteiger partial charge in [-0.2, -0.15) is 0 Å². The highest BCUT2D eigenvalue weighted by Gasteiger charge is 2.20. The number of imidazole rings is 1. The fraction of sp³-hybridized carbons (Fsp3) is 0.375. The minimum atomic E-state index is 0.677. The van der Waals surface area contributed by atoms with Gasteiger partial charge in [0.2, 0.25) is 0 Å². The molecule has 0 unspecified atom stereocenters. The second kappa shape index (κ2) is 8.50. The molecule has 0 N–H and O–H groups in total. The minimum Gasteiger partial charge on any atom is -0.493 e. The van der Waals surface area contributed by atoms with Gasteiger partial charge in [-0.25, -0.2) is 4.98 Å². The molecule has 0 amide bonds. The smallest absolute Gasteiger partial charge is 0.148 e. The largest absolute Gasteiger partial charge is 0.493 e. The lowest BCUT2D eigenvalue weighted by molar-refractivity contribution is 0.134. The third-order valence-electron chi connectivity index (χ3n) is 6.01. The summed E-state index contributed by atoms with van der Waals surface area (Å²) in [7, 11) is 2.18. The Morgan fingerprint density at radius 2 is 1.90 bits per heavy atom. The maximum atomic E-state index is 6.24. The van der Waals surface area contributed by atoms with E-state index in [1.165, 1.54) is 5.56 Å². The van der Waals surface area contributed by atoms with Crippen LogP contribution < -0.4 is 9.47 Å². The zero-order valence-corrected chi connectivity index (χ0v) is 17.5. The number of hydrogen-bond donors (Lipinski definition) is 0. The molecule has 0 atom stereocenters. The van der Waals surface area contributed by atoms with Crippen LogP contribution >= 0.6 is 0 Å². The number of likely N-dealkylation sites (N-methyl/N-ethyl adjacent to an activating group) is 1. The molecule has 1 saturated heterocycles. The van der Waals surface area contributed by atoms with E-state index < -0.39 is 0 Å². The fourth-order valence-corrected chi connectivity index (χ4v) is 4.26. The Kier molecular flexibility index (Phi) is 5.43. The summed E-state index contributed by atoms with van der Waals surface area (Å²) in [6.45, 7) is 6.82. The average molecular weight is 405 g/mol. The molecule has 156 valence electrons. The first-order chi connectivity index (χ1) is 14.8. The van der Waals surface area contributed by atoms with Crippen LogP contribution in [-0.4, -0.2) is 72.3 Å². The van der Waals surface area contributed by atoms with Crippen LogP contribution in [0.5, 0.6) is 11.5 Å². The number of aromatic nitrogens is 2. The van der Waals surface area contributed by atoms with E-state index >= 15 is 0 Å². The molecule has 2 aromatic carbocycles. The summed E-state index contributed by atoms with van der Waals surface area (Å²) in [5.41, 5.74) is 3.38. The van der Waals surface area contributed by atoms with Crippen molar-refractivity contribution >= 4 is 0 Å². The number of ether oxygens (including phenoxy) is 2. The molecular weight excluding hydrogens is 376 g/mol. The van der Waals surface area contributed by atoms with Crippen LogP contribution in [0.4, 0.5) is 0 Å². The Morgan fingerprint density at radius 3 is 2.80 bits per heavy atom. The second-order valence-electron chi connectivity index (χ2n) is 7.96. The van der Waals surface area contributed by atoms with Crippen LogP contribution in [0.1, 0.15) is 5.56 Å². The number of fused-ring (bicyclic) bond motifs is 1. The molecule has 1 aromatic heterocycles. The van der Waals surface area contributed by atoms with Gasteiger partial charge in [-0.3, -0.25) is 9.47 Å². The molecule has 0 spiro atoms. The number of nitrogens with zero attached hydrogens (tertiary/aromatic N) is 4. The van der Waals surface area contributed by atoms with Crippen molar-refractivity contribution in [3.8, 4) is 28.6 Å². The van der Waals surface area contributed by atoms with E-state index in [1.54, 1.807) is 0 Å². The van der Waals surface area contributed by atoms with E-state index in [4.69, 9.17) is 9.47 Å². The van der Waals surface area contributed by atoms with Crippen LogP contribution in [0.3, 0.4) is 0 Å². The van der Waals surface area contributed by atoms with Gasteiger partial charge in [0.05, 0.1) is 17.9 Å². The van der Waals surface area contributed by atoms with E-state index in [1.807, 2.05) is 42.7 Å². The van der Waals surface area contributed by atoms with Gasteiger partial charge in [-0.1, -0.05) is 18.2 Å². The summed E-state index contributed by atoms with van der Waals surface area (Å²) in [6.07, 6.45) is 4.79. The van der Waals surface area contributed by atoms with Crippen molar-refractivity contribution in [2.45, 2.75) is 6.42 Å². The summed E-state index contributed by atoms with van der Waals surface area (Å²) in [5.74, 6) is 2.75. The maximum absolute atomic E-state index is 6.24. The zero-order chi connectivity index (χ0) is 20.3. The maximum Gasteiger partial charge on any atom is 0.148 e. The van der Waals surface area contributed by atoms with Gasteiger partial charge in [0.1, 0.15) is 23.9 Å². The molecule has 0 radical (unpaired) electrons. The Labute approximate surface area is 177 Å². The van der Waals surface area contributed by atoms with Gasteiger partial charge >= 0.3 is 0 Å². The fourth-order valence-electron chi connectivity index (χ4n) is 4.26. The van der Waals surface area contributed by atoms with Gasteiger partial charge in [0, 0.05) is 57.1 Å². The van der Waals surface area contributed by atoms with Crippen molar-refractivity contribution in [3.05, 3.63) is 60.4 Å². The molecule has 6 nitrogen and oxygen atoms in total. The quantitative estimate of drug-likeness (QED) is 0.632. The standard InChI is InChI=1S/C24H28N4O2/c1-26-12-14-27(15-13-26)16-18-30-23-7-3-2-5-20(23)24-25-10-11-28(24)21-6-4-8-22-19(21)9-17-29-22/h2-8,10-11H,9,12-18H2,1H3. The molecule has 3 heterocycles. The number of rotatable bonds is 6. The first-order valence-electron chi connectivity index (χ1n) is 10.7. The lowest BCUT2D eigenvalue weighted by atomic mass is 10.1. The second-order valence-corrected chi connectivity index (χ2v) is 7.96. The first-order valence-corrected chi connectivity index (χ1v) is 10.7. The summed E-state index contributed by atoms with van der Waals surface area (Å²) in [5, 5.41) is 0. The van der Waals surface area contributed by atoms with Crippen LogP contribution in [0.2, 0.25) is 0 Å². The van der Waals surface area contributed by atoms with Crippen LogP contribution in [0, 0.1) is 0 Å². The van der Waals surface area contributed by atoms with Gasteiger partial charge in [0.25, 0.3) is 0 Å². The van der Waals surface area contributed by atoms with Crippen LogP contribution in [0.15, 0.2) is 54.9 Å². The van der Waals surface area contributed by atoms with Crippen LogP contribution in [0.25, 0.3) is 17.1 Å². The lowest BCUT2D eigenvalue weighted by Gasteiger charge is -2.32. The van der Waals surface area contributed by atoms with E-state index in [0.717, 1.165) is 74.3 Å². The van der Waals surface area contributed by atoms with Crippen LogP contribution in [-0.2, 0) is 6.42 Å². The molecular formula is C24H28N4O2. The highest BCUT2D eigenvalue weighted by Crippen LogP contribution is 2.35. The van der Waals surface area contributed by atoms with E-state index in [-0.39, 0.29) is 0 Å². The van der Waals surface area contributed by atoms with Gasteiger partial charge in [-0.15, -0.1) is 0 Å². The van der Waals surface area contributed by atoms with Gasteiger partial charge in [0.15, 0.2) is 0 Å². The Bertz CT molecular complexity index is 1010. The first kappa shape index (κ1) is 19.2. The van der Waals surface area contributed by atoms with E-state index in [2.05, 4.69) is 38.5 Å². The predicted octanol–water partition coefficient (Wildman–Crippen LogP) is 3.10. The number of piperazine rings is 1. The third kappa shape index (κ3) is 3.80. The Hall–Kier alpha value is -2.83. The average Bonchev–Trinajstić information content (AvgIpc) is 3.45. The molecule has 1 fully saturated rings. The Morgan fingerprint density at radius 1 is 1.03 bits per heavy atom. The third-order valence-corrected chi connectivity index (χ3v) is 6.01. The number of para-hydroxylation sites is 1. The van der Waals surface area contributed by atoms with Gasteiger partial charge in [-0.05, 0) is 31.3 Å². The topological polar surface area (TPSA) is 42.8 Å². The van der Waals surface area contributed by atoms with E-state index in [0.29, 0.717) is 6.61 Å². The van der Waals surface area contributed by atoms with Crippen molar-refractivity contribution in [2.24, 2.45) is 0 Å². The highest BCUT2D eigenvalue weighted by atomic mass is 16.5. The summed E-state index contributed by atoms with van der Waals surface area (Å²) >= 11 is 0. The molecule has 2 aliphatic heterocycles. The van der Waals surface area contributed by atoms with E-state index in [9.17, 15) is 0 Å². The molecule has 5 rings (SSSR count). The SMILES string of the molecule is CN1CCN(CCOc2ccccc2-c2nccn2-c2cccc3c2CCO3)CC1. The van der Waals surface area contributed by atoms with Crippen molar-refractivity contribution in [1.82, 2.24) is 19.4 Å². The van der Waals surface area contributed by atoms with Gasteiger partial charge < -0.3 is 14.4 Å². The number of hydrogen-bond acceptors (Lipinski definition) is 5. The number of benzene rings is 2. The molecule has 0 saturated carbocycles. The van der Waals surface area contributed by atoms with Crippen molar-refractivity contribution in [1.29, 1.82) is 0 Å². The molecule has 6 heteroatoms. The molecule has 0 aliphatic carbocycles. The highest BCUT2D eigenvalue weighted by molar-refractivity contribution is 5.67. The lowest BCUT2D eigenvalue weighted by Crippen LogP contribution is -2.45. The van der Waals surface area contributed by atoms with Crippen molar-refractivity contribution in [2.75, 3.05) is 53.0 Å². The summed E-state index contributed by atoms with van der Waals surface area (Å²) in [6, 6.07) is 14.4. The molecule has 30 heavy (non-hydrogen) atoms. The monoisotopic (exact) mass is 404 g/mol. The zero-order valence-electron chi connectivity index (χ0n) is 17.5.